The van der Waals surface area contributed by atoms with Gasteiger partial charge in [0, 0.05) is 11.2 Å². The topological polar surface area (TPSA) is 51.5 Å². The highest BCUT2D eigenvalue weighted by atomic mass is 35.5. The Bertz CT molecular complexity index is 547. The number of benzene rings is 1. The smallest absolute Gasteiger partial charge is 0.411 e. The first-order valence-corrected chi connectivity index (χ1v) is 5.99. The molecule has 0 saturated heterocycles. The first-order chi connectivity index (χ1) is 9.24. The lowest BCUT2D eigenvalue weighted by Crippen LogP contribution is -2.18. The molecule has 0 aliphatic heterocycles. The van der Waals surface area contributed by atoms with Crippen LogP contribution in [0.4, 0.5) is 4.79 Å². The maximum absolute atomic E-state index is 11.4. The van der Waals surface area contributed by atoms with Crippen molar-refractivity contribution in [1.29, 1.82) is 0 Å². The van der Waals surface area contributed by atoms with Gasteiger partial charge < -0.3 is 9.15 Å². The van der Waals surface area contributed by atoms with Crippen molar-refractivity contribution in [1.82, 2.24) is 5.32 Å². The Kier molecular flexibility index (Phi) is 4.64. The minimum Gasteiger partial charge on any atom is -0.465 e. The molecule has 1 N–H and O–H groups in total. The molecule has 5 heteroatoms. The molecule has 0 atom stereocenters. The highest BCUT2D eigenvalue weighted by Crippen LogP contribution is 2.10. The van der Waals surface area contributed by atoms with Crippen LogP contribution in [0.3, 0.4) is 0 Å². The normalized spacial score (nSPS) is 10.6. The van der Waals surface area contributed by atoms with Gasteiger partial charge in [0.1, 0.15) is 12.4 Å². The highest BCUT2D eigenvalue weighted by molar-refractivity contribution is 6.30. The van der Waals surface area contributed by atoms with Crippen molar-refractivity contribution < 1.29 is 13.9 Å². The van der Waals surface area contributed by atoms with E-state index in [1.54, 1.807) is 48.7 Å². The summed E-state index contributed by atoms with van der Waals surface area (Å²) in [6.45, 7) is 0.192. The molecule has 0 fully saturated rings. The van der Waals surface area contributed by atoms with Crippen LogP contribution in [0.1, 0.15) is 11.3 Å². The van der Waals surface area contributed by atoms with Gasteiger partial charge in [-0.15, -0.1) is 0 Å². The molecule has 0 radical (unpaired) electrons. The van der Waals surface area contributed by atoms with Gasteiger partial charge in [0.2, 0.25) is 0 Å². The fraction of sp³-hybridized carbons (Fsp3) is 0.0714. The van der Waals surface area contributed by atoms with Crippen molar-refractivity contribution in [2.24, 2.45) is 0 Å². The van der Waals surface area contributed by atoms with Crippen LogP contribution in [0.2, 0.25) is 5.02 Å². The van der Waals surface area contributed by atoms with E-state index in [1.807, 2.05) is 0 Å². The third-order valence-corrected chi connectivity index (χ3v) is 2.53. The average molecular weight is 278 g/mol. The van der Waals surface area contributed by atoms with Crippen molar-refractivity contribution in [3.8, 4) is 0 Å². The predicted molar refractivity (Wildman–Crippen MR) is 72.5 cm³/mol. The van der Waals surface area contributed by atoms with Crippen LogP contribution in [-0.2, 0) is 11.3 Å². The van der Waals surface area contributed by atoms with E-state index in [2.05, 4.69) is 5.32 Å². The number of halogens is 1. The number of rotatable bonds is 4. The van der Waals surface area contributed by atoms with Crippen LogP contribution in [0.5, 0.6) is 0 Å². The molecule has 1 aromatic carbocycles. The van der Waals surface area contributed by atoms with Crippen molar-refractivity contribution >= 4 is 23.8 Å². The van der Waals surface area contributed by atoms with E-state index in [0.717, 1.165) is 5.56 Å². The van der Waals surface area contributed by atoms with Crippen molar-refractivity contribution in [2.45, 2.75) is 6.61 Å². The number of carbonyl (C=O) groups excluding carboxylic acids is 1. The summed E-state index contributed by atoms with van der Waals surface area (Å²) in [5, 5.41) is 3.12. The molecule has 1 amide bonds. The molecule has 4 nitrogen and oxygen atoms in total. The second-order valence-corrected chi connectivity index (χ2v) is 4.13. The van der Waals surface area contributed by atoms with Gasteiger partial charge in [-0.05, 0) is 35.9 Å². The number of ether oxygens (including phenoxy) is 1. The first kappa shape index (κ1) is 13.2. The van der Waals surface area contributed by atoms with Gasteiger partial charge in [-0.2, -0.15) is 0 Å². The van der Waals surface area contributed by atoms with Crippen LogP contribution in [0, 0.1) is 0 Å². The minimum atomic E-state index is -0.530. The Morgan fingerprint density at radius 3 is 2.79 bits per heavy atom. The molecule has 2 rings (SSSR count). The van der Waals surface area contributed by atoms with E-state index in [1.165, 1.54) is 6.20 Å². The summed E-state index contributed by atoms with van der Waals surface area (Å²) in [4.78, 5) is 11.4. The molecule has 19 heavy (non-hydrogen) atoms. The molecule has 0 aliphatic rings. The number of nitrogens with one attached hydrogen (secondary N) is 1. The Morgan fingerprint density at radius 1 is 1.32 bits per heavy atom. The Morgan fingerprint density at radius 2 is 2.11 bits per heavy atom. The highest BCUT2D eigenvalue weighted by Gasteiger charge is 2.00. The number of furan rings is 1. The van der Waals surface area contributed by atoms with Gasteiger partial charge in [0.25, 0.3) is 0 Å². The molecule has 1 heterocycles. The van der Waals surface area contributed by atoms with Crippen LogP contribution < -0.4 is 5.32 Å². The second-order valence-electron chi connectivity index (χ2n) is 3.70. The van der Waals surface area contributed by atoms with Gasteiger partial charge in [-0.25, -0.2) is 4.79 Å². The lowest BCUT2D eigenvalue weighted by molar-refractivity contribution is 0.143. The molecule has 1 aromatic heterocycles. The van der Waals surface area contributed by atoms with E-state index >= 15 is 0 Å². The lowest BCUT2D eigenvalue weighted by Gasteiger charge is -2.04. The van der Waals surface area contributed by atoms with Gasteiger partial charge in [0.05, 0.1) is 6.26 Å². The zero-order valence-corrected chi connectivity index (χ0v) is 10.8. The van der Waals surface area contributed by atoms with Gasteiger partial charge in [-0.3, -0.25) is 5.32 Å². The number of hydrogen-bond acceptors (Lipinski definition) is 3. The standard InChI is InChI=1S/C14H12ClNO3/c15-12-5-3-11(4-6-12)10-19-14(17)16-8-7-13-2-1-9-18-13/h1-9H,10H2,(H,16,17)/b8-7+. The van der Waals surface area contributed by atoms with Crippen LogP contribution in [0.15, 0.2) is 53.3 Å². The third-order valence-electron chi connectivity index (χ3n) is 2.28. The first-order valence-electron chi connectivity index (χ1n) is 5.62. The minimum absolute atomic E-state index is 0.192. The Labute approximate surface area is 115 Å². The Hall–Kier alpha value is -2.20. The molecular formula is C14H12ClNO3. The summed E-state index contributed by atoms with van der Waals surface area (Å²) in [6.07, 6.45) is 4.11. The molecule has 98 valence electrons. The quantitative estimate of drug-likeness (QED) is 0.924. The van der Waals surface area contributed by atoms with Crippen LogP contribution >= 0.6 is 11.6 Å². The summed E-state index contributed by atoms with van der Waals surface area (Å²) in [7, 11) is 0. The molecule has 0 saturated carbocycles. The van der Waals surface area contributed by atoms with E-state index < -0.39 is 6.09 Å². The maximum Gasteiger partial charge on any atom is 0.411 e. The largest absolute Gasteiger partial charge is 0.465 e. The zero-order chi connectivity index (χ0) is 13.5. The summed E-state index contributed by atoms with van der Waals surface area (Å²) < 4.78 is 10.1. The average Bonchev–Trinajstić information content (AvgIpc) is 2.91. The zero-order valence-electron chi connectivity index (χ0n) is 10.0. The van der Waals surface area contributed by atoms with Crippen molar-refractivity contribution in [2.75, 3.05) is 0 Å². The van der Waals surface area contributed by atoms with Gasteiger partial charge >= 0.3 is 6.09 Å². The van der Waals surface area contributed by atoms with Gasteiger partial charge in [0.15, 0.2) is 0 Å². The van der Waals surface area contributed by atoms with Crippen molar-refractivity contribution in [3.63, 3.8) is 0 Å². The number of amides is 1. The fourth-order valence-corrected chi connectivity index (χ4v) is 1.48. The summed E-state index contributed by atoms with van der Waals surface area (Å²) in [5.41, 5.74) is 0.870. The maximum atomic E-state index is 11.4. The van der Waals surface area contributed by atoms with E-state index in [0.29, 0.717) is 10.8 Å². The van der Waals surface area contributed by atoms with Crippen LogP contribution in [0.25, 0.3) is 6.08 Å². The van der Waals surface area contributed by atoms with Gasteiger partial charge in [-0.1, -0.05) is 23.7 Å². The monoisotopic (exact) mass is 277 g/mol. The number of hydrogen-bond donors (Lipinski definition) is 1. The molecular weight excluding hydrogens is 266 g/mol. The van der Waals surface area contributed by atoms with E-state index in [4.69, 9.17) is 20.8 Å². The molecule has 2 aromatic rings. The molecule has 0 bridgehead atoms. The van der Waals surface area contributed by atoms with Crippen LogP contribution in [-0.4, -0.2) is 6.09 Å². The molecule has 0 unspecified atom stereocenters. The summed E-state index contributed by atoms with van der Waals surface area (Å²) in [5.74, 6) is 0.651. The second kappa shape index (κ2) is 6.66. The number of alkyl carbamates (subject to hydrolysis) is 1. The predicted octanol–water partition coefficient (Wildman–Crippen LogP) is 3.83. The van der Waals surface area contributed by atoms with E-state index in [9.17, 15) is 4.79 Å². The lowest BCUT2D eigenvalue weighted by atomic mass is 10.2. The SMILES string of the molecule is O=C(N/C=C/c1ccco1)OCc1ccc(Cl)cc1. The molecule has 0 spiro atoms. The molecule has 0 aliphatic carbocycles. The fourth-order valence-electron chi connectivity index (χ4n) is 1.35. The summed E-state index contributed by atoms with van der Waals surface area (Å²) >= 11 is 5.75. The number of carbonyl (C=O) groups is 1. The van der Waals surface area contributed by atoms with E-state index in [-0.39, 0.29) is 6.61 Å². The third kappa shape index (κ3) is 4.52. The van der Waals surface area contributed by atoms with Crippen molar-refractivity contribution in [3.05, 3.63) is 65.2 Å². The Balaban J connectivity index is 1.74. The summed E-state index contributed by atoms with van der Waals surface area (Å²) in [6, 6.07) is 10.6.